The van der Waals surface area contributed by atoms with Crippen LogP contribution < -0.4 is 10.6 Å². The second-order valence-corrected chi connectivity index (χ2v) is 7.88. The molecule has 1 aliphatic rings. The Morgan fingerprint density at radius 3 is 2.78 bits per heavy atom. The van der Waals surface area contributed by atoms with Gasteiger partial charge in [0.15, 0.2) is 11.8 Å². The van der Waals surface area contributed by atoms with Crippen molar-refractivity contribution >= 4 is 29.9 Å². The van der Waals surface area contributed by atoms with Gasteiger partial charge >= 0.3 is 0 Å². The predicted molar refractivity (Wildman–Crippen MR) is 138 cm³/mol. The molecule has 2 unspecified atom stereocenters. The normalized spacial score (nSPS) is 18.6. The van der Waals surface area contributed by atoms with Crippen LogP contribution in [-0.2, 0) is 11.3 Å². The summed E-state index contributed by atoms with van der Waals surface area (Å²) < 4.78 is 7.90. The molecule has 1 saturated heterocycles. The van der Waals surface area contributed by atoms with E-state index in [1.807, 2.05) is 24.4 Å². The Bertz CT molecular complexity index is 990. The van der Waals surface area contributed by atoms with Gasteiger partial charge in [-0.3, -0.25) is 4.99 Å². The quantitative estimate of drug-likeness (QED) is 0.278. The van der Waals surface area contributed by atoms with Crippen LogP contribution in [0.4, 0.5) is 0 Å². The van der Waals surface area contributed by atoms with Crippen LogP contribution in [0.3, 0.4) is 0 Å². The maximum atomic E-state index is 6.14. The Morgan fingerprint density at radius 2 is 2.03 bits per heavy atom. The minimum Gasteiger partial charge on any atom is -0.373 e. The van der Waals surface area contributed by atoms with E-state index in [1.165, 1.54) is 11.1 Å². The number of pyridine rings is 1. The van der Waals surface area contributed by atoms with Gasteiger partial charge in [0.25, 0.3) is 0 Å². The molecule has 0 aliphatic carbocycles. The summed E-state index contributed by atoms with van der Waals surface area (Å²) in [4.78, 5) is 8.77. The zero-order chi connectivity index (χ0) is 21.5. The van der Waals surface area contributed by atoms with Crippen LogP contribution >= 0.6 is 24.0 Å². The van der Waals surface area contributed by atoms with Crippen molar-refractivity contribution in [3.05, 3.63) is 77.7 Å². The van der Waals surface area contributed by atoms with Crippen molar-refractivity contribution in [2.24, 2.45) is 10.9 Å². The number of nitrogens with zero attached hydrogens (tertiary/aromatic N) is 4. The fourth-order valence-electron chi connectivity index (χ4n) is 3.91. The second-order valence-electron chi connectivity index (χ2n) is 7.88. The van der Waals surface area contributed by atoms with Gasteiger partial charge in [-0.25, -0.2) is 9.67 Å². The van der Waals surface area contributed by atoms with E-state index in [2.05, 4.69) is 56.9 Å². The average molecular weight is 546 g/mol. The lowest BCUT2D eigenvalue weighted by atomic mass is 9.89. The maximum Gasteiger partial charge on any atom is 0.191 e. The van der Waals surface area contributed by atoms with Crippen molar-refractivity contribution in [1.29, 1.82) is 0 Å². The van der Waals surface area contributed by atoms with Gasteiger partial charge in [0.1, 0.15) is 0 Å². The molecule has 8 heteroatoms. The highest BCUT2D eigenvalue weighted by atomic mass is 127. The molecule has 0 radical (unpaired) electrons. The summed E-state index contributed by atoms with van der Waals surface area (Å²) in [5, 5.41) is 11.1. The molecule has 3 heterocycles. The van der Waals surface area contributed by atoms with Gasteiger partial charge in [-0.2, -0.15) is 5.10 Å². The molecule has 1 aliphatic heterocycles. The number of benzene rings is 1. The van der Waals surface area contributed by atoms with Crippen molar-refractivity contribution in [1.82, 2.24) is 25.4 Å². The summed E-state index contributed by atoms with van der Waals surface area (Å²) in [6.45, 7) is 4.40. The van der Waals surface area contributed by atoms with Crippen LogP contribution in [0.1, 0.15) is 35.6 Å². The summed E-state index contributed by atoms with van der Waals surface area (Å²) in [5.74, 6) is 1.99. The molecule has 2 N–H and O–H groups in total. The molecule has 7 nitrogen and oxygen atoms in total. The van der Waals surface area contributed by atoms with Crippen LogP contribution in [0, 0.1) is 12.8 Å². The summed E-state index contributed by atoms with van der Waals surface area (Å²) in [5.41, 5.74) is 3.63. The van der Waals surface area contributed by atoms with Crippen LogP contribution in [0.25, 0.3) is 5.82 Å². The Morgan fingerprint density at radius 1 is 1.19 bits per heavy atom. The van der Waals surface area contributed by atoms with E-state index < -0.39 is 0 Å². The fourth-order valence-corrected chi connectivity index (χ4v) is 3.91. The Balaban J connectivity index is 0.00000289. The van der Waals surface area contributed by atoms with E-state index >= 15 is 0 Å². The standard InChI is InChI=1S/C24H30N6O.HI/c1-18-6-8-20(9-7-18)23-21(5-3-14-31-23)17-28-24(25-2)27-16-19-10-12-26-22(15-19)30-13-4-11-29-30;/h4,6-13,15,21,23H,3,5,14,16-17H2,1-2H3,(H2,25,27,28);1H. The molecule has 4 rings (SSSR count). The Labute approximate surface area is 206 Å². The second kappa shape index (κ2) is 12.0. The largest absolute Gasteiger partial charge is 0.373 e. The first-order valence-corrected chi connectivity index (χ1v) is 10.8. The van der Waals surface area contributed by atoms with Gasteiger partial charge in [-0.1, -0.05) is 29.8 Å². The fraction of sp³-hybridized carbons (Fsp3) is 0.375. The minimum atomic E-state index is 0. The number of guanidine groups is 1. The average Bonchev–Trinajstić information content (AvgIpc) is 3.35. The van der Waals surface area contributed by atoms with Crippen molar-refractivity contribution in [2.75, 3.05) is 20.2 Å². The van der Waals surface area contributed by atoms with Crippen LogP contribution in [0.2, 0.25) is 0 Å². The molecular formula is C24H31IN6O. The van der Waals surface area contributed by atoms with Gasteiger partial charge in [0.05, 0.1) is 6.10 Å². The first-order chi connectivity index (χ1) is 15.2. The molecular weight excluding hydrogens is 515 g/mol. The van der Waals surface area contributed by atoms with Crippen molar-refractivity contribution in [3.63, 3.8) is 0 Å². The molecule has 1 fully saturated rings. The van der Waals surface area contributed by atoms with Crippen LogP contribution in [-0.4, -0.2) is 40.9 Å². The van der Waals surface area contributed by atoms with Gasteiger partial charge in [-0.05, 0) is 49.1 Å². The topological polar surface area (TPSA) is 76.4 Å². The Hall–Kier alpha value is -2.46. The van der Waals surface area contributed by atoms with Crippen LogP contribution in [0.5, 0.6) is 0 Å². The molecule has 2 atom stereocenters. The van der Waals surface area contributed by atoms with Crippen LogP contribution in [0.15, 0.2) is 66.0 Å². The lowest BCUT2D eigenvalue weighted by Gasteiger charge is -2.32. The molecule has 0 bridgehead atoms. The number of rotatable bonds is 6. The summed E-state index contributed by atoms with van der Waals surface area (Å²) in [7, 11) is 1.80. The number of aromatic nitrogens is 3. The predicted octanol–water partition coefficient (Wildman–Crippen LogP) is 4.03. The zero-order valence-electron chi connectivity index (χ0n) is 18.6. The highest BCUT2D eigenvalue weighted by molar-refractivity contribution is 14.0. The molecule has 2 aromatic heterocycles. The highest BCUT2D eigenvalue weighted by Gasteiger charge is 2.27. The summed E-state index contributed by atoms with van der Waals surface area (Å²) >= 11 is 0. The van der Waals surface area contributed by atoms with E-state index in [-0.39, 0.29) is 30.1 Å². The first kappa shape index (κ1) is 24.2. The number of aryl methyl sites for hydroxylation is 1. The number of nitrogens with one attached hydrogen (secondary N) is 2. The monoisotopic (exact) mass is 546 g/mol. The maximum absolute atomic E-state index is 6.14. The van der Waals surface area contributed by atoms with Gasteiger partial charge in [0, 0.05) is 51.3 Å². The molecule has 0 saturated carbocycles. The van der Waals surface area contributed by atoms with Gasteiger partial charge < -0.3 is 15.4 Å². The van der Waals surface area contributed by atoms with E-state index in [1.54, 1.807) is 24.1 Å². The third kappa shape index (κ3) is 6.29. The third-order valence-corrected chi connectivity index (χ3v) is 5.62. The van der Waals surface area contributed by atoms with E-state index in [9.17, 15) is 0 Å². The summed E-state index contributed by atoms with van der Waals surface area (Å²) in [6, 6.07) is 14.6. The number of hydrogen-bond acceptors (Lipinski definition) is 4. The van der Waals surface area contributed by atoms with Crippen molar-refractivity contribution in [2.45, 2.75) is 32.4 Å². The van der Waals surface area contributed by atoms with E-state index in [4.69, 9.17) is 4.74 Å². The molecule has 1 aromatic carbocycles. The molecule has 170 valence electrons. The molecule has 32 heavy (non-hydrogen) atoms. The third-order valence-electron chi connectivity index (χ3n) is 5.62. The smallest absolute Gasteiger partial charge is 0.191 e. The SMILES string of the molecule is CN=C(NCc1ccnc(-n2cccn2)c1)NCC1CCCOC1c1ccc(C)cc1.I. The summed E-state index contributed by atoms with van der Waals surface area (Å²) in [6.07, 6.45) is 7.79. The lowest BCUT2D eigenvalue weighted by molar-refractivity contribution is -0.0265. The number of aliphatic imine (C=N–C) groups is 1. The number of halogens is 1. The van der Waals surface area contributed by atoms with E-state index in [0.717, 1.165) is 43.3 Å². The molecule has 0 spiro atoms. The molecule has 3 aromatic rings. The minimum absolute atomic E-state index is 0. The lowest BCUT2D eigenvalue weighted by Crippen LogP contribution is -2.41. The van der Waals surface area contributed by atoms with Crippen molar-refractivity contribution in [3.8, 4) is 5.82 Å². The van der Waals surface area contributed by atoms with Gasteiger partial charge in [-0.15, -0.1) is 24.0 Å². The van der Waals surface area contributed by atoms with Gasteiger partial charge in [0.2, 0.25) is 0 Å². The molecule has 0 amide bonds. The zero-order valence-corrected chi connectivity index (χ0v) is 20.9. The number of ether oxygens (including phenoxy) is 1. The van der Waals surface area contributed by atoms with Crippen molar-refractivity contribution < 1.29 is 4.74 Å². The van der Waals surface area contributed by atoms with E-state index in [0.29, 0.717) is 12.5 Å². The first-order valence-electron chi connectivity index (χ1n) is 10.8. The number of hydrogen-bond donors (Lipinski definition) is 2. The highest BCUT2D eigenvalue weighted by Crippen LogP contribution is 2.33. The Kier molecular flexibility index (Phi) is 9.04.